The van der Waals surface area contributed by atoms with Crippen molar-refractivity contribution in [2.45, 2.75) is 20.4 Å². The number of rotatable bonds is 6. The van der Waals surface area contributed by atoms with Crippen molar-refractivity contribution in [1.29, 1.82) is 0 Å². The highest BCUT2D eigenvalue weighted by Crippen LogP contribution is 2.02. The second kappa shape index (κ2) is 6.95. The number of carbonyl (C=O) groups is 1. The van der Waals surface area contributed by atoms with Crippen molar-refractivity contribution in [1.82, 2.24) is 9.88 Å². The minimum absolute atomic E-state index is 0.173. The van der Waals surface area contributed by atoms with E-state index in [0.29, 0.717) is 13.2 Å². The van der Waals surface area contributed by atoms with Gasteiger partial charge in [-0.05, 0) is 25.1 Å². The molecule has 0 bridgehead atoms. The Balaban J connectivity index is 2.46. The largest absolute Gasteiger partial charge is 0.465 e. The van der Waals surface area contributed by atoms with Gasteiger partial charge >= 0.3 is 5.97 Å². The van der Waals surface area contributed by atoms with Crippen molar-refractivity contribution in [3.05, 3.63) is 30.1 Å². The second-order valence-electron chi connectivity index (χ2n) is 3.47. The molecule has 0 fully saturated rings. The van der Waals surface area contributed by atoms with Gasteiger partial charge in [-0.15, -0.1) is 0 Å². The summed E-state index contributed by atoms with van der Waals surface area (Å²) in [5.41, 5.74) is 1.11. The fourth-order valence-electron chi connectivity index (χ4n) is 1.42. The Kier molecular flexibility index (Phi) is 5.50. The first kappa shape index (κ1) is 12.6. The van der Waals surface area contributed by atoms with Crippen LogP contribution in [0, 0.1) is 0 Å². The molecule has 0 N–H and O–H groups in total. The van der Waals surface area contributed by atoms with Crippen LogP contribution in [0.2, 0.25) is 0 Å². The fraction of sp³-hybridized carbons (Fsp3) is 0.500. The fourth-order valence-corrected chi connectivity index (χ4v) is 1.42. The van der Waals surface area contributed by atoms with Crippen LogP contribution in [0.25, 0.3) is 0 Å². The first-order chi connectivity index (χ1) is 7.76. The zero-order valence-corrected chi connectivity index (χ0v) is 9.85. The highest BCUT2D eigenvalue weighted by molar-refractivity contribution is 5.71. The Morgan fingerprint density at radius 2 is 2.31 bits per heavy atom. The number of pyridine rings is 1. The number of ether oxygens (including phenoxy) is 1. The van der Waals surface area contributed by atoms with Crippen molar-refractivity contribution >= 4 is 5.97 Å². The van der Waals surface area contributed by atoms with Crippen molar-refractivity contribution in [2.24, 2.45) is 0 Å². The normalized spacial score (nSPS) is 10.4. The van der Waals surface area contributed by atoms with Crippen LogP contribution < -0.4 is 0 Å². The van der Waals surface area contributed by atoms with E-state index in [0.717, 1.165) is 18.7 Å². The third-order valence-electron chi connectivity index (χ3n) is 2.23. The van der Waals surface area contributed by atoms with Gasteiger partial charge in [0.25, 0.3) is 0 Å². The summed E-state index contributed by atoms with van der Waals surface area (Å²) >= 11 is 0. The number of hydrogen-bond acceptors (Lipinski definition) is 4. The van der Waals surface area contributed by atoms with Crippen LogP contribution in [-0.2, 0) is 16.1 Å². The van der Waals surface area contributed by atoms with Gasteiger partial charge in [0.2, 0.25) is 0 Å². The number of nitrogens with zero attached hydrogens (tertiary/aromatic N) is 2. The Hall–Kier alpha value is -1.42. The number of aromatic nitrogens is 1. The van der Waals surface area contributed by atoms with Crippen molar-refractivity contribution in [3.8, 4) is 0 Å². The summed E-state index contributed by atoms with van der Waals surface area (Å²) < 4.78 is 4.92. The molecule has 0 saturated carbocycles. The van der Waals surface area contributed by atoms with E-state index in [-0.39, 0.29) is 5.97 Å². The van der Waals surface area contributed by atoms with Crippen molar-refractivity contribution < 1.29 is 9.53 Å². The molecule has 4 heteroatoms. The van der Waals surface area contributed by atoms with E-state index in [1.165, 1.54) is 0 Å². The lowest BCUT2D eigenvalue weighted by molar-refractivity contribution is -0.144. The minimum atomic E-state index is -0.173. The monoisotopic (exact) mass is 222 g/mol. The molecule has 0 amide bonds. The van der Waals surface area contributed by atoms with Crippen molar-refractivity contribution in [3.63, 3.8) is 0 Å². The van der Waals surface area contributed by atoms with Gasteiger partial charge < -0.3 is 4.74 Å². The molecule has 0 aliphatic rings. The van der Waals surface area contributed by atoms with E-state index in [9.17, 15) is 4.79 Å². The number of esters is 1. The Morgan fingerprint density at radius 1 is 1.50 bits per heavy atom. The van der Waals surface area contributed by atoms with E-state index in [1.807, 2.05) is 37.1 Å². The van der Waals surface area contributed by atoms with Gasteiger partial charge in [0.15, 0.2) is 0 Å². The molecule has 0 spiro atoms. The maximum Gasteiger partial charge on any atom is 0.320 e. The number of carbonyl (C=O) groups excluding carboxylic acids is 1. The molecule has 88 valence electrons. The summed E-state index contributed by atoms with van der Waals surface area (Å²) in [6.45, 7) is 6.14. The Labute approximate surface area is 96.2 Å². The lowest BCUT2D eigenvalue weighted by Crippen LogP contribution is -2.30. The molecule has 0 unspecified atom stereocenters. The molecule has 1 aromatic heterocycles. The van der Waals surface area contributed by atoms with Crippen LogP contribution in [0.1, 0.15) is 19.4 Å². The SMILES string of the molecule is CCOC(=O)CN(CC)Cc1cccnc1. The molecule has 1 heterocycles. The summed E-state index contributed by atoms with van der Waals surface area (Å²) in [4.78, 5) is 17.4. The van der Waals surface area contributed by atoms with E-state index >= 15 is 0 Å². The predicted octanol–water partition coefficient (Wildman–Crippen LogP) is 1.47. The van der Waals surface area contributed by atoms with E-state index in [2.05, 4.69) is 4.98 Å². The minimum Gasteiger partial charge on any atom is -0.465 e. The van der Waals surface area contributed by atoms with Gasteiger partial charge in [-0.2, -0.15) is 0 Å². The van der Waals surface area contributed by atoms with Crippen LogP contribution in [0.3, 0.4) is 0 Å². The lowest BCUT2D eigenvalue weighted by atomic mass is 10.2. The van der Waals surface area contributed by atoms with Crippen LogP contribution in [0.4, 0.5) is 0 Å². The summed E-state index contributed by atoms with van der Waals surface area (Å²) in [6, 6.07) is 3.90. The van der Waals surface area contributed by atoms with Gasteiger partial charge in [0, 0.05) is 18.9 Å². The summed E-state index contributed by atoms with van der Waals surface area (Å²) in [5, 5.41) is 0. The zero-order chi connectivity index (χ0) is 11.8. The first-order valence-corrected chi connectivity index (χ1v) is 5.53. The summed E-state index contributed by atoms with van der Waals surface area (Å²) in [6.07, 6.45) is 3.55. The standard InChI is InChI=1S/C12H18N2O2/c1-3-14(10-12(15)16-4-2)9-11-6-5-7-13-8-11/h5-8H,3-4,9-10H2,1-2H3. The Bertz CT molecular complexity index is 314. The molecular formula is C12H18N2O2. The maximum atomic E-state index is 11.3. The average Bonchev–Trinajstić information content (AvgIpc) is 2.30. The molecule has 0 aliphatic carbocycles. The number of likely N-dealkylation sites (N-methyl/N-ethyl adjacent to an activating group) is 1. The van der Waals surface area contributed by atoms with Crippen LogP contribution in [-0.4, -0.2) is 35.5 Å². The van der Waals surface area contributed by atoms with Gasteiger partial charge in [-0.1, -0.05) is 13.0 Å². The third kappa shape index (κ3) is 4.40. The van der Waals surface area contributed by atoms with Crippen LogP contribution in [0.5, 0.6) is 0 Å². The lowest BCUT2D eigenvalue weighted by Gasteiger charge is -2.18. The van der Waals surface area contributed by atoms with Crippen LogP contribution >= 0.6 is 0 Å². The first-order valence-electron chi connectivity index (χ1n) is 5.53. The van der Waals surface area contributed by atoms with E-state index in [4.69, 9.17) is 4.74 Å². The van der Waals surface area contributed by atoms with E-state index in [1.54, 1.807) is 6.20 Å². The quantitative estimate of drug-likeness (QED) is 0.683. The smallest absolute Gasteiger partial charge is 0.320 e. The molecule has 0 aromatic carbocycles. The molecule has 1 rings (SSSR count). The third-order valence-corrected chi connectivity index (χ3v) is 2.23. The number of hydrogen-bond donors (Lipinski definition) is 0. The van der Waals surface area contributed by atoms with Gasteiger partial charge in [-0.25, -0.2) is 0 Å². The zero-order valence-electron chi connectivity index (χ0n) is 9.85. The summed E-state index contributed by atoms with van der Waals surface area (Å²) in [5.74, 6) is -0.173. The molecule has 0 radical (unpaired) electrons. The van der Waals surface area contributed by atoms with Crippen molar-refractivity contribution in [2.75, 3.05) is 19.7 Å². The topological polar surface area (TPSA) is 42.4 Å². The molecule has 4 nitrogen and oxygen atoms in total. The molecule has 1 aromatic rings. The molecule has 16 heavy (non-hydrogen) atoms. The highest BCUT2D eigenvalue weighted by Gasteiger charge is 2.09. The summed E-state index contributed by atoms with van der Waals surface area (Å²) in [7, 11) is 0. The molecule has 0 atom stereocenters. The average molecular weight is 222 g/mol. The van der Waals surface area contributed by atoms with Gasteiger partial charge in [0.05, 0.1) is 13.2 Å². The van der Waals surface area contributed by atoms with Gasteiger partial charge in [0.1, 0.15) is 0 Å². The highest BCUT2D eigenvalue weighted by atomic mass is 16.5. The van der Waals surface area contributed by atoms with Crippen LogP contribution in [0.15, 0.2) is 24.5 Å². The molecular weight excluding hydrogens is 204 g/mol. The molecule has 0 saturated heterocycles. The van der Waals surface area contributed by atoms with E-state index < -0.39 is 0 Å². The molecule has 0 aliphatic heterocycles. The second-order valence-corrected chi connectivity index (χ2v) is 3.47. The Morgan fingerprint density at radius 3 is 2.88 bits per heavy atom. The maximum absolute atomic E-state index is 11.3. The predicted molar refractivity (Wildman–Crippen MR) is 61.8 cm³/mol. The van der Waals surface area contributed by atoms with Gasteiger partial charge in [-0.3, -0.25) is 14.7 Å².